The average Bonchev–Trinajstić information content (AvgIpc) is 2.85. The van der Waals surface area contributed by atoms with Gasteiger partial charge in [0.1, 0.15) is 6.04 Å². The van der Waals surface area contributed by atoms with Gasteiger partial charge in [-0.3, -0.25) is 19.7 Å². The lowest BCUT2D eigenvalue weighted by Gasteiger charge is -2.29. The van der Waals surface area contributed by atoms with Crippen LogP contribution < -0.4 is 16.4 Å². The van der Waals surface area contributed by atoms with Crippen LogP contribution in [0.4, 0.5) is 5.69 Å². The van der Waals surface area contributed by atoms with Crippen molar-refractivity contribution in [3.8, 4) is 0 Å². The van der Waals surface area contributed by atoms with Gasteiger partial charge in [0.05, 0.1) is 5.56 Å². The van der Waals surface area contributed by atoms with E-state index in [9.17, 15) is 14.4 Å². The monoisotopic (exact) mass is 316 g/mol. The molecule has 3 amide bonds. The third-order valence-electron chi connectivity index (χ3n) is 4.25. The summed E-state index contributed by atoms with van der Waals surface area (Å²) < 4.78 is 0. The fraction of sp³-hybridized carbons (Fsp3) is 0.438. The first-order valence-corrected chi connectivity index (χ1v) is 7.82. The summed E-state index contributed by atoms with van der Waals surface area (Å²) in [6, 6.07) is 5.07. The van der Waals surface area contributed by atoms with E-state index < -0.39 is 6.04 Å². The maximum atomic E-state index is 12.8. The van der Waals surface area contributed by atoms with Gasteiger partial charge in [0, 0.05) is 25.2 Å². The van der Waals surface area contributed by atoms with Crippen molar-refractivity contribution < 1.29 is 14.4 Å². The normalized spacial score (nSPS) is 20.5. The number of piperidine rings is 1. The quantitative estimate of drug-likeness (QED) is 0.532. The molecular weight excluding hydrogens is 296 g/mol. The van der Waals surface area contributed by atoms with Crippen LogP contribution in [0.1, 0.15) is 35.2 Å². The third-order valence-corrected chi connectivity index (χ3v) is 4.25. The summed E-state index contributed by atoms with van der Waals surface area (Å²) in [4.78, 5) is 37.6. The Hall–Kier alpha value is -2.41. The highest BCUT2D eigenvalue weighted by Gasteiger charge is 2.39. The minimum Gasteiger partial charge on any atom is -0.384 e. The van der Waals surface area contributed by atoms with Crippen LogP contribution in [-0.2, 0) is 16.1 Å². The van der Waals surface area contributed by atoms with Gasteiger partial charge >= 0.3 is 0 Å². The molecule has 1 atom stereocenters. The summed E-state index contributed by atoms with van der Waals surface area (Å²) in [7, 11) is 0. The van der Waals surface area contributed by atoms with Crippen molar-refractivity contribution in [2.75, 3.05) is 18.4 Å². The maximum Gasteiger partial charge on any atom is 0.257 e. The number of hydrogen-bond acceptors (Lipinski definition) is 5. The van der Waals surface area contributed by atoms with Crippen molar-refractivity contribution in [2.24, 2.45) is 5.73 Å². The lowest BCUT2D eigenvalue weighted by atomic mass is 10.0. The van der Waals surface area contributed by atoms with Gasteiger partial charge in [-0.05, 0) is 31.0 Å². The molecule has 1 aromatic carbocycles. The molecule has 7 heteroatoms. The van der Waals surface area contributed by atoms with E-state index in [-0.39, 0.29) is 24.1 Å². The van der Waals surface area contributed by atoms with Gasteiger partial charge in [0.2, 0.25) is 11.8 Å². The Kier molecular flexibility index (Phi) is 4.29. The lowest BCUT2D eigenvalue weighted by Crippen LogP contribution is -2.52. The van der Waals surface area contributed by atoms with Gasteiger partial charge in [-0.1, -0.05) is 12.1 Å². The molecule has 0 saturated carbocycles. The molecule has 0 radical (unpaired) electrons. The number of anilines is 1. The van der Waals surface area contributed by atoms with Crippen LogP contribution in [0.3, 0.4) is 0 Å². The van der Waals surface area contributed by atoms with E-state index in [0.717, 1.165) is 17.7 Å². The molecule has 1 aromatic rings. The van der Waals surface area contributed by atoms with E-state index in [1.807, 2.05) is 18.2 Å². The van der Waals surface area contributed by atoms with Crippen molar-refractivity contribution in [1.82, 2.24) is 10.2 Å². The first-order chi connectivity index (χ1) is 11.1. The van der Waals surface area contributed by atoms with E-state index >= 15 is 0 Å². The zero-order valence-corrected chi connectivity index (χ0v) is 12.8. The summed E-state index contributed by atoms with van der Waals surface area (Å²) in [5.41, 5.74) is 7.79. The largest absolute Gasteiger partial charge is 0.384 e. The molecule has 2 aliphatic heterocycles. The lowest BCUT2D eigenvalue weighted by molar-refractivity contribution is -0.136. The highest BCUT2D eigenvalue weighted by molar-refractivity contribution is 6.07. The first kappa shape index (κ1) is 15.5. The number of amides is 3. The number of fused-ring (bicyclic) bond motifs is 1. The molecule has 1 fully saturated rings. The van der Waals surface area contributed by atoms with E-state index in [1.54, 1.807) is 4.90 Å². The molecule has 0 aliphatic carbocycles. The number of carbonyl (C=O) groups excluding carboxylic acids is 3. The topological polar surface area (TPSA) is 105 Å². The Balaban J connectivity index is 1.80. The molecule has 2 heterocycles. The second-order valence-corrected chi connectivity index (χ2v) is 5.81. The Bertz CT molecular complexity index is 659. The summed E-state index contributed by atoms with van der Waals surface area (Å²) in [6.45, 7) is 1.67. The molecule has 1 saturated heterocycles. The number of imide groups is 1. The molecule has 4 N–H and O–H groups in total. The minimum atomic E-state index is -0.579. The predicted octanol–water partition coefficient (Wildman–Crippen LogP) is 0.208. The highest BCUT2D eigenvalue weighted by Crippen LogP contribution is 2.32. The molecule has 23 heavy (non-hydrogen) atoms. The summed E-state index contributed by atoms with van der Waals surface area (Å²) >= 11 is 0. The summed E-state index contributed by atoms with van der Waals surface area (Å²) in [5.74, 6) is -0.829. The highest BCUT2D eigenvalue weighted by atomic mass is 16.2. The van der Waals surface area contributed by atoms with Gasteiger partial charge in [0.25, 0.3) is 5.91 Å². The van der Waals surface area contributed by atoms with E-state index in [4.69, 9.17) is 5.73 Å². The van der Waals surface area contributed by atoms with Crippen LogP contribution in [0.25, 0.3) is 0 Å². The van der Waals surface area contributed by atoms with Crippen LogP contribution in [0, 0.1) is 0 Å². The Labute approximate surface area is 134 Å². The van der Waals surface area contributed by atoms with Crippen LogP contribution >= 0.6 is 0 Å². The van der Waals surface area contributed by atoms with Crippen LogP contribution in [0.2, 0.25) is 0 Å². The Morgan fingerprint density at radius 1 is 1.30 bits per heavy atom. The smallest absolute Gasteiger partial charge is 0.257 e. The SMILES string of the molecule is NCCCNc1cccc2c1C(=O)N(C1CCC(=O)NC1=O)C2. The zero-order chi connectivity index (χ0) is 16.4. The standard InChI is InChI=1S/C16H20N4O3/c17-7-2-8-18-11-4-1-3-10-9-20(16(23)14(10)11)12-5-6-13(21)19-15(12)22/h1,3-4,12,18H,2,5-9,17H2,(H,19,21,22). The molecule has 3 rings (SSSR count). The number of hydrogen-bond donors (Lipinski definition) is 3. The number of rotatable bonds is 5. The number of carbonyl (C=O) groups is 3. The van der Waals surface area contributed by atoms with Gasteiger partial charge in [-0.15, -0.1) is 0 Å². The van der Waals surface area contributed by atoms with Gasteiger partial charge in [-0.2, -0.15) is 0 Å². The molecule has 0 bridgehead atoms. The minimum absolute atomic E-state index is 0.162. The van der Waals surface area contributed by atoms with Gasteiger partial charge in [-0.25, -0.2) is 0 Å². The van der Waals surface area contributed by atoms with E-state index in [0.29, 0.717) is 31.6 Å². The van der Waals surface area contributed by atoms with Gasteiger partial charge in [0.15, 0.2) is 0 Å². The number of benzene rings is 1. The van der Waals surface area contributed by atoms with Crippen LogP contribution in [0.15, 0.2) is 18.2 Å². The maximum absolute atomic E-state index is 12.8. The molecule has 0 aromatic heterocycles. The molecule has 0 spiro atoms. The van der Waals surface area contributed by atoms with Crippen molar-refractivity contribution in [3.63, 3.8) is 0 Å². The molecule has 122 valence electrons. The Morgan fingerprint density at radius 3 is 2.87 bits per heavy atom. The molecule has 1 unspecified atom stereocenters. The van der Waals surface area contributed by atoms with Gasteiger partial charge < -0.3 is 16.0 Å². The van der Waals surface area contributed by atoms with Crippen molar-refractivity contribution >= 4 is 23.4 Å². The number of nitrogens with zero attached hydrogens (tertiary/aromatic N) is 1. The van der Waals surface area contributed by atoms with E-state index in [2.05, 4.69) is 10.6 Å². The fourth-order valence-electron chi connectivity index (χ4n) is 3.09. The van der Waals surface area contributed by atoms with Crippen molar-refractivity contribution in [3.05, 3.63) is 29.3 Å². The van der Waals surface area contributed by atoms with Crippen molar-refractivity contribution in [2.45, 2.75) is 31.8 Å². The third kappa shape index (κ3) is 2.92. The fourth-order valence-corrected chi connectivity index (χ4v) is 3.09. The van der Waals surface area contributed by atoms with E-state index in [1.165, 1.54) is 0 Å². The summed E-state index contributed by atoms with van der Waals surface area (Å²) in [5, 5.41) is 5.54. The molecule has 2 aliphatic rings. The average molecular weight is 316 g/mol. The predicted molar refractivity (Wildman–Crippen MR) is 84.6 cm³/mol. The number of nitrogens with two attached hydrogens (primary N) is 1. The Morgan fingerprint density at radius 2 is 2.13 bits per heavy atom. The number of nitrogens with one attached hydrogen (secondary N) is 2. The second-order valence-electron chi connectivity index (χ2n) is 5.81. The second kappa shape index (κ2) is 6.37. The molecule has 7 nitrogen and oxygen atoms in total. The zero-order valence-electron chi connectivity index (χ0n) is 12.8. The molecular formula is C16H20N4O3. The van der Waals surface area contributed by atoms with Crippen LogP contribution in [0.5, 0.6) is 0 Å². The van der Waals surface area contributed by atoms with Crippen molar-refractivity contribution in [1.29, 1.82) is 0 Å². The summed E-state index contributed by atoms with van der Waals surface area (Å²) in [6.07, 6.45) is 1.45. The first-order valence-electron chi connectivity index (χ1n) is 7.82. The van der Waals surface area contributed by atoms with Crippen LogP contribution in [-0.4, -0.2) is 41.8 Å².